The average molecular weight is 283 g/mol. The number of hydrogen-bond donors (Lipinski definition) is 1. The molecule has 94 valence electrons. The van der Waals surface area contributed by atoms with Gasteiger partial charge >= 0.3 is 5.63 Å². The van der Waals surface area contributed by atoms with Crippen molar-refractivity contribution in [3.8, 4) is 5.75 Å². The third-order valence-corrected chi connectivity index (χ3v) is 3.70. The van der Waals surface area contributed by atoms with Crippen LogP contribution in [0.15, 0.2) is 44.4 Å². The molecule has 1 heterocycles. The van der Waals surface area contributed by atoms with Gasteiger partial charge in [0.1, 0.15) is 16.4 Å². The van der Waals surface area contributed by atoms with E-state index in [9.17, 15) is 9.90 Å². The van der Waals surface area contributed by atoms with Crippen LogP contribution in [0.25, 0.3) is 0 Å². The second-order valence-corrected chi connectivity index (χ2v) is 5.20. The van der Waals surface area contributed by atoms with Gasteiger partial charge in [0.05, 0.1) is 0 Å². The molecule has 2 rings (SSSR count). The number of aromatic hydroxyl groups is 1. The van der Waals surface area contributed by atoms with Crippen LogP contribution in [0.4, 0.5) is 0 Å². The molecule has 0 fully saturated rings. The molecule has 0 amide bonds. The Labute approximate surface area is 113 Å². The van der Waals surface area contributed by atoms with E-state index in [4.69, 9.17) is 16.0 Å². The first-order valence-corrected chi connectivity index (χ1v) is 6.63. The van der Waals surface area contributed by atoms with E-state index >= 15 is 0 Å². The van der Waals surface area contributed by atoms with Crippen molar-refractivity contribution in [2.24, 2.45) is 0 Å². The van der Waals surface area contributed by atoms with Gasteiger partial charge in [0.25, 0.3) is 0 Å². The van der Waals surface area contributed by atoms with Crippen molar-refractivity contribution >= 4 is 23.4 Å². The van der Waals surface area contributed by atoms with E-state index in [1.54, 1.807) is 19.1 Å². The molecule has 0 aliphatic rings. The first kappa shape index (κ1) is 13.1. The van der Waals surface area contributed by atoms with Crippen molar-refractivity contribution in [1.29, 1.82) is 0 Å². The molecule has 18 heavy (non-hydrogen) atoms. The van der Waals surface area contributed by atoms with Gasteiger partial charge < -0.3 is 9.52 Å². The summed E-state index contributed by atoms with van der Waals surface area (Å²) >= 11 is 7.03. The fourth-order valence-electron chi connectivity index (χ4n) is 1.45. The third kappa shape index (κ3) is 3.09. The first-order chi connectivity index (χ1) is 8.56. The minimum atomic E-state index is -0.508. The van der Waals surface area contributed by atoms with Gasteiger partial charge in [0, 0.05) is 16.8 Å². The number of halogens is 1. The summed E-state index contributed by atoms with van der Waals surface area (Å²) in [5.41, 5.74) is 0.509. The van der Waals surface area contributed by atoms with Crippen molar-refractivity contribution in [3.63, 3.8) is 0 Å². The summed E-state index contributed by atoms with van der Waals surface area (Å²) in [6.45, 7) is 1.62. The summed E-state index contributed by atoms with van der Waals surface area (Å²) in [5, 5.41) is 10.4. The minimum Gasteiger partial charge on any atom is -0.506 e. The quantitative estimate of drug-likeness (QED) is 0.874. The number of rotatable bonds is 3. The maximum atomic E-state index is 11.6. The largest absolute Gasteiger partial charge is 0.506 e. The lowest BCUT2D eigenvalue weighted by molar-refractivity contribution is 0.412. The van der Waals surface area contributed by atoms with E-state index in [2.05, 4.69) is 0 Å². The van der Waals surface area contributed by atoms with E-state index in [1.807, 2.05) is 12.1 Å². The molecular weight excluding hydrogens is 272 g/mol. The standard InChI is InChI=1S/C13H11ClO3S/c1-8-6-11(15)12(13(16)17-8)18-7-9-2-4-10(14)5-3-9/h2-6,15H,7H2,1H3. The van der Waals surface area contributed by atoms with Crippen LogP contribution < -0.4 is 5.63 Å². The predicted molar refractivity (Wildman–Crippen MR) is 72.4 cm³/mol. The highest BCUT2D eigenvalue weighted by molar-refractivity contribution is 7.98. The van der Waals surface area contributed by atoms with E-state index in [-0.39, 0.29) is 10.6 Å². The second-order valence-electron chi connectivity index (χ2n) is 3.77. The predicted octanol–water partition coefficient (Wildman–Crippen LogP) is 3.60. The number of thioether (sulfide) groups is 1. The molecule has 5 heteroatoms. The molecule has 1 N–H and O–H groups in total. The molecule has 0 saturated carbocycles. The van der Waals surface area contributed by atoms with Crippen LogP contribution in [0.1, 0.15) is 11.3 Å². The monoisotopic (exact) mass is 282 g/mol. The average Bonchev–Trinajstić information content (AvgIpc) is 2.30. The summed E-state index contributed by atoms with van der Waals surface area (Å²) in [4.78, 5) is 11.8. The van der Waals surface area contributed by atoms with Crippen LogP contribution in [0.2, 0.25) is 5.02 Å². The van der Waals surface area contributed by atoms with Crippen LogP contribution in [-0.2, 0) is 5.75 Å². The van der Waals surface area contributed by atoms with E-state index in [0.717, 1.165) is 5.56 Å². The summed E-state index contributed by atoms with van der Waals surface area (Å²) < 4.78 is 4.94. The Bertz CT molecular complexity index is 605. The molecule has 3 nitrogen and oxygen atoms in total. The Morgan fingerprint density at radius 1 is 1.33 bits per heavy atom. The molecule has 1 aromatic heterocycles. The van der Waals surface area contributed by atoms with Crippen molar-refractivity contribution in [1.82, 2.24) is 0 Å². The highest BCUT2D eigenvalue weighted by atomic mass is 35.5. The Hall–Kier alpha value is -1.39. The van der Waals surface area contributed by atoms with Crippen molar-refractivity contribution in [2.45, 2.75) is 17.6 Å². The van der Waals surface area contributed by atoms with Crippen LogP contribution >= 0.6 is 23.4 Å². The highest BCUT2D eigenvalue weighted by Gasteiger charge is 2.10. The van der Waals surface area contributed by atoms with Crippen LogP contribution in [0.5, 0.6) is 5.75 Å². The fourth-order valence-corrected chi connectivity index (χ4v) is 2.45. The van der Waals surface area contributed by atoms with Gasteiger partial charge in [-0.3, -0.25) is 0 Å². The van der Waals surface area contributed by atoms with E-state index in [1.165, 1.54) is 17.8 Å². The van der Waals surface area contributed by atoms with Gasteiger partial charge in [-0.1, -0.05) is 23.7 Å². The molecular formula is C13H11ClO3S. The van der Waals surface area contributed by atoms with Gasteiger partial charge in [-0.2, -0.15) is 0 Å². The third-order valence-electron chi connectivity index (χ3n) is 2.31. The molecule has 2 aromatic rings. The molecule has 0 bridgehead atoms. The zero-order valence-electron chi connectivity index (χ0n) is 9.64. The lowest BCUT2D eigenvalue weighted by atomic mass is 10.2. The first-order valence-electron chi connectivity index (χ1n) is 5.27. The molecule has 0 aliphatic carbocycles. The van der Waals surface area contributed by atoms with E-state index in [0.29, 0.717) is 16.5 Å². The van der Waals surface area contributed by atoms with Crippen LogP contribution in [-0.4, -0.2) is 5.11 Å². The van der Waals surface area contributed by atoms with Gasteiger partial charge in [-0.05, 0) is 24.6 Å². The van der Waals surface area contributed by atoms with Crippen molar-refractivity contribution in [2.75, 3.05) is 0 Å². The molecule has 1 aromatic carbocycles. The Balaban J connectivity index is 2.16. The van der Waals surface area contributed by atoms with Crippen LogP contribution in [0, 0.1) is 6.92 Å². The lowest BCUT2D eigenvalue weighted by Crippen LogP contribution is -2.03. The normalized spacial score (nSPS) is 10.6. The summed E-state index contributed by atoms with van der Waals surface area (Å²) in [6.07, 6.45) is 0. The van der Waals surface area contributed by atoms with Crippen molar-refractivity contribution < 1.29 is 9.52 Å². The molecule has 0 saturated heterocycles. The molecule has 0 atom stereocenters. The number of aryl methyl sites for hydroxylation is 1. The zero-order chi connectivity index (χ0) is 13.1. The van der Waals surface area contributed by atoms with Crippen LogP contribution in [0.3, 0.4) is 0 Å². The van der Waals surface area contributed by atoms with Gasteiger partial charge in [0.2, 0.25) is 0 Å². The molecule has 0 unspecified atom stereocenters. The Kier molecular flexibility index (Phi) is 3.99. The zero-order valence-corrected chi connectivity index (χ0v) is 11.2. The second kappa shape index (κ2) is 5.50. The SMILES string of the molecule is Cc1cc(O)c(SCc2ccc(Cl)cc2)c(=O)o1. The summed E-state index contributed by atoms with van der Waals surface area (Å²) in [5.74, 6) is 0.925. The maximum absolute atomic E-state index is 11.6. The highest BCUT2D eigenvalue weighted by Crippen LogP contribution is 2.28. The Morgan fingerprint density at radius 2 is 2.00 bits per heavy atom. The van der Waals surface area contributed by atoms with Gasteiger partial charge in [0.15, 0.2) is 0 Å². The van der Waals surface area contributed by atoms with Gasteiger partial charge in [-0.15, -0.1) is 11.8 Å². The lowest BCUT2D eigenvalue weighted by Gasteiger charge is -2.04. The summed E-state index contributed by atoms with van der Waals surface area (Å²) in [7, 11) is 0. The van der Waals surface area contributed by atoms with Crippen molar-refractivity contribution in [3.05, 3.63) is 57.1 Å². The summed E-state index contributed by atoms with van der Waals surface area (Å²) in [6, 6.07) is 8.76. The van der Waals surface area contributed by atoms with Gasteiger partial charge in [-0.25, -0.2) is 4.79 Å². The topological polar surface area (TPSA) is 50.4 Å². The molecule has 0 radical (unpaired) electrons. The molecule has 0 spiro atoms. The van der Waals surface area contributed by atoms with E-state index < -0.39 is 5.63 Å². The minimum absolute atomic E-state index is 0.0392. The smallest absolute Gasteiger partial charge is 0.353 e. The maximum Gasteiger partial charge on any atom is 0.353 e. The number of hydrogen-bond acceptors (Lipinski definition) is 4. The molecule has 0 aliphatic heterocycles. The Morgan fingerprint density at radius 3 is 2.61 bits per heavy atom. The number of benzene rings is 1. The fraction of sp³-hybridized carbons (Fsp3) is 0.154.